The third-order valence-corrected chi connectivity index (χ3v) is 4.30. The van der Waals surface area contributed by atoms with E-state index in [9.17, 15) is 18.4 Å². The molecule has 0 aliphatic heterocycles. The van der Waals surface area contributed by atoms with E-state index < -0.39 is 29.3 Å². The van der Waals surface area contributed by atoms with Crippen molar-refractivity contribution >= 4 is 17.2 Å². The minimum Gasteiger partial charge on any atom is -0.348 e. The number of hydrogen-bond acceptors (Lipinski definition) is 5. The van der Waals surface area contributed by atoms with Crippen LogP contribution in [0.15, 0.2) is 40.5 Å². The van der Waals surface area contributed by atoms with E-state index in [0.29, 0.717) is 5.00 Å². The van der Waals surface area contributed by atoms with E-state index in [0.717, 1.165) is 21.5 Å². The number of benzene rings is 1. The van der Waals surface area contributed by atoms with Crippen LogP contribution < -0.4 is 11.0 Å². The Labute approximate surface area is 144 Å². The van der Waals surface area contributed by atoms with Gasteiger partial charge >= 0.3 is 5.69 Å². The number of hydrogen-bond donors (Lipinski definition) is 1. The highest BCUT2D eigenvalue weighted by Crippen LogP contribution is 2.17. The van der Waals surface area contributed by atoms with Gasteiger partial charge in [0.2, 0.25) is 5.91 Å². The fourth-order valence-corrected chi connectivity index (χ4v) is 2.92. The minimum atomic E-state index is -0.756. The molecule has 7 nitrogen and oxygen atoms in total. The summed E-state index contributed by atoms with van der Waals surface area (Å²) in [6.07, 6.45) is 0. The van der Waals surface area contributed by atoms with E-state index in [2.05, 4.69) is 15.7 Å². The van der Waals surface area contributed by atoms with E-state index in [-0.39, 0.29) is 12.1 Å². The van der Waals surface area contributed by atoms with E-state index in [1.54, 1.807) is 24.4 Å². The summed E-state index contributed by atoms with van der Waals surface area (Å²) in [5.74, 6) is -2.00. The van der Waals surface area contributed by atoms with Crippen molar-refractivity contribution in [3.8, 4) is 5.00 Å². The van der Waals surface area contributed by atoms with Gasteiger partial charge in [0.25, 0.3) is 0 Å². The summed E-state index contributed by atoms with van der Waals surface area (Å²) in [6, 6.07) is 5.88. The first kappa shape index (κ1) is 17.0. The monoisotopic (exact) mass is 365 g/mol. The molecule has 0 radical (unpaired) electrons. The molecule has 25 heavy (non-hydrogen) atoms. The summed E-state index contributed by atoms with van der Waals surface area (Å²) < 4.78 is 28.7. The smallest absolute Gasteiger partial charge is 0.348 e. The number of carbonyl (C=O) groups is 1. The summed E-state index contributed by atoms with van der Waals surface area (Å²) in [4.78, 5) is 24.3. The molecule has 1 atom stereocenters. The van der Waals surface area contributed by atoms with E-state index in [4.69, 9.17) is 0 Å². The molecule has 2 aromatic heterocycles. The lowest BCUT2D eigenvalue weighted by molar-refractivity contribution is -0.122. The van der Waals surface area contributed by atoms with Gasteiger partial charge in [-0.15, -0.1) is 11.3 Å². The molecule has 130 valence electrons. The summed E-state index contributed by atoms with van der Waals surface area (Å²) in [5, 5.41) is 12.3. The highest BCUT2D eigenvalue weighted by atomic mass is 32.1. The summed E-state index contributed by atoms with van der Waals surface area (Å²) in [7, 11) is 0. The van der Waals surface area contributed by atoms with Gasteiger partial charge < -0.3 is 5.32 Å². The zero-order chi connectivity index (χ0) is 18.0. The Bertz CT molecular complexity index is 951. The number of tetrazole rings is 1. The quantitative estimate of drug-likeness (QED) is 0.745. The number of halogens is 2. The maximum absolute atomic E-state index is 13.7. The molecular weight excluding hydrogens is 352 g/mol. The second kappa shape index (κ2) is 6.93. The van der Waals surface area contributed by atoms with Crippen LogP contribution in [0.1, 0.15) is 18.5 Å². The third-order valence-electron chi connectivity index (χ3n) is 3.45. The van der Waals surface area contributed by atoms with Crippen molar-refractivity contribution in [3.05, 3.63) is 63.4 Å². The van der Waals surface area contributed by atoms with Crippen LogP contribution in [0.4, 0.5) is 8.78 Å². The first-order chi connectivity index (χ1) is 12.0. The first-order valence-corrected chi connectivity index (χ1v) is 8.14. The zero-order valence-corrected chi connectivity index (χ0v) is 13.8. The van der Waals surface area contributed by atoms with Crippen molar-refractivity contribution in [2.45, 2.75) is 19.5 Å². The lowest BCUT2D eigenvalue weighted by atomic mass is 10.1. The number of nitrogens with one attached hydrogen (secondary N) is 1. The highest BCUT2D eigenvalue weighted by Gasteiger charge is 2.17. The number of nitrogens with zero attached hydrogens (tertiary/aromatic N) is 4. The van der Waals surface area contributed by atoms with Crippen LogP contribution in [0.25, 0.3) is 5.00 Å². The normalized spacial score (nSPS) is 12.1. The first-order valence-electron chi connectivity index (χ1n) is 7.26. The van der Waals surface area contributed by atoms with Crippen LogP contribution in [0.5, 0.6) is 0 Å². The number of thiophene rings is 1. The van der Waals surface area contributed by atoms with Crippen LogP contribution >= 0.6 is 11.3 Å². The Hall–Kier alpha value is -2.88. The molecule has 0 saturated heterocycles. The lowest BCUT2D eigenvalue weighted by Crippen LogP contribution is -2.35. The SMILES string of the molecule is CC(NC(=O)Cn1nnn(-c2cccs2)c1=O)c1ccc(F)cc1F. The lowest BCUT2D eigenvalue weighted by Gasteiger charge is -2.14. The molecule has 1 unspecified atom stereocenters. The molecule has 0 fully saturated rings. The number of aromatic nitrogens is 4. The summed E-state index contributed by atoms with van der Waals surface area (Å²) in [6.45, 7) is 1.19. The molecule has 2 heterocycles. The largest absolute Gasteiger partial charge is 0.369 e. The molecule has 0 bridgehead atoms. The topological polar surface area (TPSA) is 81.8 Å². The van der Waals surface area contributed by atoms with Crippen molar-refractivity contribution < 1.29 is 13.6 Å². The van der Waals surface area contributed by atoms with Crippen LogP contribution in [0.3, 0.4) is 0 Å². The molecule has 1 N–H and O–H groups in total. The van der Waals surface area contributed by atoms with Gasteiger partial charge in [0.05, 0.1) is 6.04 Å². The molecule has 3 aromatic rings. The van der Waals surface area contributed by atoms with Crippen molar-refractivity contribution in [2.24, 2.45) is 0 Å². The predicted molar refractivity (Wildman–Crippen MR) is 86.4 cm³/mol. The van der Waals surface area contributed by atoms with Gasteiger partial charge in [-0.3, -0.25) is 4.79 Å². The van der Waals surface area contributed by atoms with Crippen LogP contribution in [0, 0.1) is 11.6 Å². The minimum absolute atomic E-state index is 0.143. The van der Waals surface area contributed by atoms with Crippen molar-refractivity contribution in [3.63, 3.8) is 0 Å². The Kier molecular flexibility index (Phi) is 4.70. The number of amides is 1. The number of rotatable bonds is 5. The molecule has 0 saturated carbocycles. The fourth-order valence-electron chi connectivity index (χ4n) is 2.26. The van der Waals surface area contributed by atoms with Crippen molar-refractivity contribution in [1.29, 1.82) is 0 Å². The Balaban J connectivity index is 1.70. The van der Waals surface area contributed by atoms with Crippen LogP contribution in [-0.4, -0.2) is 25.7 Å². The Morgan fingerprint density at radius 2 is 2.12 bits per heavy atom. The molecule has 0 spiro atoms. The van der Waals surface area contributed by atoms with Crippen molar-refractivity contribution in [2.75, 3.05) is 0 Å². The molecule has 0 aliphatic carbocycles. The van der Waals surface area contributed by atoms with E-state index in [1.165, 1.54) is 17.4 Å². The maximum atomic E-state index is 13.7. The molecule has 3 rings (SSSR count). The maximum Gasteiger partial charge on any atom is 0.369 e. The Morgan fingerprint density at radius 3 is 2.80 bits per heavy atom. The van der Waals surface area contributed by atoms with Crippen molar-refractivity contribution in [1.82, 2.24) is 25.1 Å². The molecule has 1 amide bonds. The standard InChI is InChI=1S/C15H13F2N5O2S/c1-9(11-5-4-10(16)7-12(11)17)18-13(23)8-21-15(24)22(20-19-21)14-3-2-6-25-14/h2-7,9H,8H2,1H3,(H,18,23). The Morgan fingerprint density at radius 1 is 1.32 bits per heavy atom. The van der Waals surface area contributed by atoms with E-state index >= 15 is 0 Å². The van der Waals surface area contributed by atoms with Gasteiger partial charge in [-0.25, -0.2) is 13.6 Å². The summed E-state index contributed by atoms with van der Waals surface area (Å²) >= 11 is 1.31. The molecule has 10 heteroatoms. The second-order valence-electron chi connectivity index (χ2n) is 5.24. The predicted octanol–water partition coefficient (Wildman–Crippen LogP) is 1.65. The van der Waals surface area contributed by atoms with E-state index in [1.807, 2.05) is 0 Å². The third kappa shape index (κ3) is 3.63. The average Bonchev–Trinajstić information content (AvgIpc) is 3.18. The molecule has 1 aromatic carbocycles. The molecule has 0 aliphatic rings. The van der Waals surface area contributed by atoms with Crippen LogP contribution in [0.2, 0.25) is 0 Å². The average molecular weight is 365 g/mol. The van der Waals surface area contributed by atoms with Gasteiger partial charge in [0.15, 0.2) is 0 Å². The van der Waals surface area contributed by atoms with Gasteiger partial charge in [0, 0.05) is 11.6 Å². The van der Waals surface area contributed by atoms with Gasteiger partial charge in [0.1, 0.15) is 23.2 Å². The number of carbonyl (C=O) groups excluding carboxylic acids is 1. The van der Waals surface area contributed by atoms with Gasteiger partial charge in [-0.2, -0.15) is 9.36 Å². The zero-order valence-electron chi connectivity index (χ0n) is 13.0. The van der Waals surface area contributed by atoms with Crippen LogP contribution in [-0.2, 0) is 11.3 Å². The molecular formula is C15H13F2N5O2S. The van der Waals surface area contributed by atoms with Gasteiger partial charge in [-0.05, 0) is 40.9 Å². The second-order valence-corrected chi connectivity index (χ2v) is 6.16. The highest BCUT2D eigenvalue weighted by molar-refractivity contribution is 7.12. The fraction of sp³-hybridized carbons (Fsp3) is 0.200. The van der Waals surface area contributed by atoms with Gasteiger partial charge in [-0.1, -0.05) is 6.07 Å². The summed E-state index contributed by atoms with van der Waals surface area (Å²) in [5.41, 5.74) is -0.414.